The highest BCUT2D eigenvalue weighted by Crippen LogP contribution is 2.17. The number of nitrogens with one attached hydrogen (secondary N) is 1. The monoisotopic (exact) mass is 388 g/mol. The fraction of sp³-hybridized carbons (Fsp3) is 0.261. The maximum Gasteiger partial charge on any atom is 0.242 e. The van der Waals surface area contributed by atoms with E-state index in [-0.39, 0.29) is 24.8 Å². The minimum absolute atomic E-state index is 0.0301. The van der Waals surface area contributed by atoms with E-state index >= 15 is 0 Å². The van der Waals surface area contributed by atoms with E-state index < -0.39 is 0 Å². The Bertz CT molecular complexity index is 993. The minimum Gasteiger partial charge on any atom is -0.368 e. The van der Waals surface area contributed by atoms with E-state index in [1.54, 1.807) is 6.20 Å². The molecule has 29 heavy (non-hydrogen) atoms. The second-order valence-corrected chi connectivity index (χ2v) is 7.15. The molecule has 148 valence electrons. The van der Waals surface area contributed by atoms with Crippen LogP contribution in [0.15, 0.2) is 66.9 Å². The second-order valence-electron chi connectivity index (χ2n) is 7.15. The third kappa shape index (κ3) is 4.54. The zero-order chi connectivity index (χ0) is 20.1. The van der Waals surface area contributed by atoms with Crippen LogP contribution in [-0.2, 0) is 16.0 Å². The van der Waals surface area contributed by atoms with Crippen LogP contribution in [0.2, 0.25) is 0 Å². The van der Waals surface area contributed by atoms with Crippen LogP contribution in [0.25, 0.3) is 10.9 Å². The minimum atomic E-state index is -0.167. The van der Waals surface area contributed by atoms with Gasteiger partial charge in [-0.15, -0.1) is 0 Å². The third-order valence-corrected chi connectivity index (χ3v) is 5.26. The number of fused-ring (bicyclic) bond motifs is 1. The van der Waals surface area contributed by atoms with E-state index in [0.29, 0.717) is 13.1 Å². The Morgan fingerprint density at radius 1 is 0.897 bits per heavy atom. The van der Waals surface area contributed by atoms with E-state index in [9.17, 15) is 9.59 Å². The lowest BCUT2D eigenvalue weighted by atomic mass is 10.1. The van der Waals surface area contributed by atoms with Gasteiger partial charge in [0, 0.05) is 43.4 Å². The van der Waals surface area contributed by atoms with Gasteiger partial charge in [0.15, 0.2) is 0 Å². The van der Waals surface area contributed by atoms with Gasteiger partial charge in [-0.05, 0) is 23.8 Å². The second kappa shape index (κ2) is 8.73. The molecule has 2 amide bonds. The van der Waals surface area contributed by atoms with Crippen LogP contribution in [0.5, 0.6) is 0 Å². The highest BCUT2D eigenvalue weighted by atomic mass is 16.2. The van der Waals surface area contributed by atoms with E-state index in [1.165, 1.54) is 5.69 Å². The van der Waals surface area contributed by atoms with Crippen molar-refractivity contribution in [1.82, 2.24) is 15.2 Å². The number of hydrogen-bond donors (Lipinski definition) is 1. The van der Waals surface area contributed by atoms with E-state index in [2.05, 4.69) is 27.3 Å². The Balaban J connectivity index is 1.27. The predicted octanol–water partition coefficient (Wildman–Crippen LogP) is 2.24. The van der Waals surface area contributed by atoms with Crippen molar-refractivity contribution in [3.8, 4) is 0 Å². The smallest absolute Gasteiger partial charge is 0.242 e. The lowest BCUT2D eigenvalue weighted by Crippen LogP contribution is -2.51. The summed E-state index contributed by atoms with van der Waals surface area (Å²) in [5, 5.41) is 3.77. The molecular weight excluding hydrogens is 364 g/mol. The van der Waals surface area contributed by atoms with Crippen LogP contribution >= 0.6 is 0 Å². The number of benzene rings is 2. The molecule has 3 aromatic rings. The Morgan fingerprint density at radius 2 is 1.66 bits per heavy atom. The molecule has 6 heteroatoms. The normalized spacial score (nSPS) is 14.1. The maximum absolute atomic E-state index is 12.5. The van der Waals surface area contributed by atoms with Gasteiger partial charge in [0.05, 0.1) is 18.5 Å². The van der Waals surface area contributed by atoms with E-state index in [0.717, 1.165) is 29.6 Å². The lowest BCUT2D eigenvalue weighted by molar-refractivity contribution is -0.133. The number of para-hydroxylation sites is 2. The molecule has 0 saturated carbocycles. The molecule has 0 radical (unpaired) electrons. The average Bonchev–Trinajstić information content (AvgIpc) is 2.78. The molecule has 1 N–H and O–H groups in total. The van der Waals surface area contributed by atoms with Gasteiger partial charge in [0.25, 0.3) is 0 Å². The largest absolute Gasteiger partial charge is 0.368 e. The summed E-state index contributed by atoms with van der Waals surface area (Å²) in [4.78, 5) is 33.3. The molecule has 1 aliphatic heterocycles. The number of carbonyl (C=O) groups is 2. The Kier molecular flexibility index (Phi) is 5.70. The van der Waals surface area contributed by atoms with E-state index in [4.69, 9.17) is 0 Å². The number of pyridine rings is 1. The average molecular weight is 388 g/mol. The van der Waals surface area contributed by atoms with Crippen molar-refractivity contribution in [1.29, 1.82) is 0 Å². The number of hydrogen-bond acceptors (Lipinski definition) is 4. The molecule has 0 atom stereocenters. The highest BCUT2D eigenvalue weighted by molar-refractivity contribution is 5.89. The summed E-state index contributed by atoms with van der Waals surface area (Å²) >= 11 is 0. The summed E-state index contributed by atoms with van der Waals surface area (Å²) in [6.07, 6.45) is 1.94. The van der Waals surface area contributed by atoms with Gasteiger partial charge in [-0.25, -0.2) is 0 Å². The molecule has 0 bridgehead atoms. The molecule has 0 spiro atoms. The topological polar surface area (TPSA) is 65.5 Å². The summed E-state index contributed by atoms with van der Waals surface area (Å²) in [5.41, 5.74) is 2.87. The Labute approximate surface area is 170 Å². The molecule has 2 aromatic carbocycles. The van der Waals surface area contributed by atoms with Crippen molar-refractivity contribution in [2.45, 2.75) is 6.42 Å². The molecule has 2 heterocycles. The molecule has 1 saturated heterocycles. The van der Waals surface area contributed by atoms with Crippen LogP contribution in [-0.4, -0.2) is 54.4 Å². The fourth-order valence-electron chi connectivity index (χ4n) is 3.68. The fourth-order valence-corrected chi connectivity index (χ4v) is 3.68. The van der Waals surface area contributed by atoms with Crippen LogP contribution < -0.4 is 10.2 Å². The van der Waals surface area contributed by atoms with Crippen molar-refractivity contribution in [3.05, 3.63) is 72.4 Å². The van der Waals surface area contributed by atoms with Crippen molar-refractivity contribution < 1.29 is 9.59 Å². The van der Waals surface area contributed by atoms with Gasteiger partial charge in [-0.3, -0.25) is 14.6 Å². The summed E-state index contributed by atoms with van der Waals surface area (Å²) in [5.74, 6) is -0.207. The number of nitrogens with zero attached hydrogens (tertiary/aromatic N) is 3. The number of piperazine rings is 1. The van der Waals surface area contributed by atoms with Crippen molar-refractivity contribution >= 4 is 28.4 Å². The molecule has 1 aromatic heterocycles. The standard InChI is InChI=1S/C23H24N4O2/c28-21(16-19-7-4-6-18-8-5-11-24-23(18)19)25-17-22(29)27-14-12-26(13-15-27)20-9-2-1-3-10-20/h1-11H,12-17H2,(H,25,28). The van der Waals surface area contributed by atoms with E-state index in [1.807, 2.05) is 53.4 Å². The number of rotatable bonds is 5. The molecular formula is C23H24N4O2. The van der Waals surface area contributed by atoms with Crippen molar-refractivity contribution in [2.75, 3.05) is 37.6 Å². The first-order valence-electron chi connectivity index (χ1n) is 9.88. The molecule has 1 fully saturated rings. The summed E-state index contributed by atoms with van der Waals surface area (Å²) < 4.78 is 0. The highest BCUT2D eigenvalue weighted by Gasteiger charge is 2.21. The number of amides is 2. The van der Waals surface area contributed by atoms with Crippen LogP contribution in [0.3, 0.4) is 0 Å². The zero-order valence-electron chi connectivity index (χ0n) is 16.3. The van der Waals surface area contributed by atoms with Crippen LogP contribution in [0, 0.1) is 0 Å². The maximum atomic E-state index is 12.5. The molecule has 4 rings (SSSR count). The molecule has 0 unspecified atom stereocenters. The lowest BCUT2D eigenvalue weighted by Gasteiger charge is -2.36. The number of carbonyl (C=O) groups excluding carboxylic acids is 2. The van der Waals surface area contributed by atoms with Gasteiger partial charge < -0.3 is 15.1 Å². The Hall–Kier alpha value is -3.41. The first-order chi connectivity index (χ1) is 14.2. The third-order valence-electron chi connectivity index (χ3n) is 5.26. The first kappa shape index (κ1) is 18.9. The quantitative estimate of drug-likeness (QED) is 0.728. The summed E-state index contributed by atoms with van der Waals surface area (Å²) in [6, 6.07) is 19.9. The molecule has 1 aliphatic rings. The van der Waals surface area contributed by atoms with Crippen LogP contribution in [0.4, 0.5) is 5.69 Å². The van der Waals surface area contributed by atoms with Gasteiger partial charge in [-0.1, -0.05) is 42.5 Å². The van der Waals surface area contributed by atoms with Gasteiger partial charge in [0.1, 0.15) is 0 Å². The number of anilines is 1. The Morgan fingerprint density at radius 3 is 2.45 bits per heavy atom. The summed E-state index contributed by atoms with van der Waals surface area (Å²) in [7, 11) is 0. The van der Waals surface area contributed by atoms with Gasteiger partial charge >= 0.3 is 0 Å². The van der Waals surface area contributed by atoms with Crippen LogP contribution in [0.1, 0.15) is 5.56 Å². The number of aromatic nitrogens is 1. The van der Waals surface area contributed by atoms with Gasteiger partial charge in [0.2, 0.25) is 11.8 Å². The first-order valence-corrected chi connectivity index (χ1v) is 9.88. The predicted molar refractivity (Wildman–Crippen MR) is 114 cm³/mol. The molecule has 6 nitrogen and oxygen atoms in total. The SMILES string of the molecule is O=C(Cc1cccc2cccnc12)NCC(=O)N1CCN(c2ccccc2)CC1. The van der Waals surface area contributed by atoms with Gasteiger partial charge in [-0.2, -0.15) is 0 Å². The molecule has 0 aliphatic carbocycles. The zero-order valence-corrected chi connectivity index (χ0v) is 16.3. The van der Waals surface area contributed by atoms with Crippen molar-refractivity contribution in [3.63, 3.8) is 0 Å². The van der Waals surface area contributed by atoms with Crippen molar-refractivity contribution in [2.24, 2.45) is 0 Å². The summed E-state index contributed by atoms with van der Waals surface area (Å²) in [6.45, 7) is 2.95.